The molecule has 0 saturated carbocycles. The highest BCUT2D eigenvalue weighted by Crippen LogP contribution is 2.40. The first-order valence-electron chi connectivity index (χ1n) is 9.74. The second-order valence-electron chi connectivity index (χ2n) is 7.89. The van der Waals surface area contributed by atoms with Gasteiger partial charge in [-0.05, 0) is 37.0 Å². The summed E-state index contributed by atoms with van der Waals surface area (Å²) in [5.74, 6) is 1.87. The topological polar surface area (TPSA) is 59.1 Å². The zero-order valence-electron chi connectivity index (χ0n) is 16.7. The normalized spacial score (nSPS) is 22.6. The molecule has 2 aliphatic heterocycles. The van der Waals surface area contributed by atoms with Crippen LogP contribution in [-0.4, -0.2) is 55.5 Å². The summed E-state index contributed by atoms with van der Waals surface area (Å²) >= 11 is 0. The fourth-order valence-electron chi connectivity index (χ4n) is 4.24. The summed E-state index contributed by atoms with van der Waals surface area (Å²) < 4.78 is 10.9. The molecule has 2 heterocycles. The largest absolute Gasteiger partial charge is 0.497 e. The Kier molecular flexibility index (Phi) is 5.92. The third kappa shape index (κ3) is 4.04. The minimum Gasteiger partial charge on any atom is -0.497 e. The van der Waals surface area contributed by atoms with Crippen LogP contribution in [0, 0.1) is 11.8 Å². The lowest BCUT2D eigenvalue weighted by Crippen LogP contribution is -2.37. The summed E-state index contributed by atoms with van der Waals surface area (Å²) in [5, 5.41) is 0. The van der Waals surface area contributed by atoms with Crippen molar-refractivity contribution in [3.05, 3.63) is 23.8 Å². The van der Waals surface area contributed by atoms with Crippen molar-refractivity contribution in [1.82, 2.24) is 9.80 Å². The zero-order chi connectivity index (χ0) is 19.6. The van der Waals surface area contributed by atoms with E-state index < -0.39 is 0 Å². The Hall–Kier alpha value is -2.24. The maximum Gasteiger partial charge on any atom is 0.228 e. The fourth-order valence-corrected chi connectivity index (χ4v) is 4.24. The van der Waals surface area contributed by atoms with Gasteiger partial charge in [0.15, 0.2) is 0 Å². The first-order valence-corrected chi connectivity index (χ1v) is 9.74. The van der Waals surface area contributed by atoms with Crippen molar-refractivity contribution in [2.45, 2.75) is 39.2 Å². The monoisotopic (exact) mass is 374 g/mol. The Morgan fingerprint density at radius 1 is 1.26 bits per heavy atom. The molecule has 2 atom stereocenters. The highest BCUT2D eigenvalue weighted by atomic mass is 16.5. The van der Waals surface area contributed by atoms with Gasteiger partial charge in [0, 0.05) is 31.6 Å². The average molecular weight is 374 g/mol. The number of benzene rings is 1. The van der Waals surface area contributed by atoms with E-state index in [1.54, 1.807) is 14.2 Å². The second kappa shape index (κ2) is 8.19. The Labute approximate surface area is 161 Å². The van der Waals surface area contributed by atoms with Gasteiger partial charge in [0.2, 0.25) is 11.8 Å². The summed E-state index contributed by atoms with van der Waals surface area (Å²) in [6.45, 7) is 6.16. The van der Waals surface area contributed by atoms with Gasteiger partial charge >= 0.3 is 0 Å². The molecule has 2 saturated heterocycles. The molecule has 1 aromatic rings. The lowest BCUT2D eigenvalue weighted by Gasteiger charge is -2.29. The number of hydrogen-bond acceptors (Lipinski definition) is 4. The lowest BCUT2D eigenvalue weighted by atomic mass is 10.0. The first kappa shape index (κ1) is 19.5. The third-order valence-electron chi connectivity index (χ3n) is 5.48. The molecule has 27 heavy (non-hydrogen) atoms. The van der Waals surface area contributed by atoms with Crippen LogP contribution in [0.2, 0.25) is 0 Å². The van der Waals surface area contributed by atoms with Gasteiger partial charge in [-0.25, -0.2) is 0 Å². The zero-order valence-corrected chi connectivity index (χ0v) is 16.7. The number of carbonyl (C=O) groups is 2. The molecule has 0 aromatic heterocycles. The number of methoxy groups -OCH3 is 2. The summed E-state index contributed by atoms with van der Waals surface area (Å²) in [4.78, 5) is 29.3. The van der Waals surface area contributed by atoms with Gasteiger partial charge < -0.3 is 19.3 Å². The van der Waals surface area contributed by atoms with E-state index in [2.05, 4.69) is 13.8 Å². The molecule has 3 rings (SSSR count). The number of nitrogens with zero attached hydrogens (tertiary/aromatic N) is 2. The van der Waals surface area contributed by atoms with E-state index in [-0.39, 0.29) is 23.8 Å². The van der Waals surface area contributed by atoms with Crippen molar-refractivity contribution in [3.8, 4) is 11.5 Å². The van der Waals surface area contributed by atoms with Gasteiger partial charge in [0.1, 0.15) is 11.5 Å². The number of rotatable bonds is 6. The van der Waals surface area contributed by atoms with E-state index in [0.717, 1.165) is 43.0 Å². The van der Waals surface area contributed by atoms with E-state index in [1.807, 2.05) is 28.0 Å². The second-order valence-corrected chi connectivity index (χ2v) is 7.89. The Morgan fingerprint density at radius 2 is 2.04 bits per heavy atom. The van der Waals surface area contributed by atoms with E-state index in [1.165, 1.54) is 0 Å². The number of carbonyl (C=O) groups excluding carboxylic acids is 2. The molecule has 1 aromatic carbocycles. The highest BCUT2D eigenvalue weighted by Gasteiger charge is 2.40. The van der Waals surface area contributed by atoms with Gasteiger partial charge in [0.05, 0.1) is 26.2 Å². The Morgan fingerprint density at radius 3 is 2.70 bits per heavy atom. The molecule has 0 bridgehead atoms. The van der Waals surface area contributed by atoms with Crippen LogP contribution in [0.15, 0.2) is 18.2 Å². The average Bonchev–Trinajstić information content (AvgIpc) is 3.27. The standard InChI is InChI=1S/C21H30N2O4/c1-14(2)12-22-13-15(10-20(22)24)21(25)23-9-5-6-18(23)17-11-16(26-3)7-8-19(17)27-4/h7-8,11,14-15,18H,5-6,9-10,12-13H2,1-4H3/t15-,18+/m1/s1. The minimum atomic E-state index is -0.242. The van der Waals surface area contributed by atoms with Crippen molar-refractivity contribution < 1.29 is 19.1 Å². The lowest BCUT2D eigenvalue weighted by molar-refractivity contribution is -0.136. The number of ether oxygens (including phenoxy) is 2. The fraction of sp³-hybridized carbons (Fsp3) is 0.619. The van der Waals surface area contributed by atoms with Crippen LogP contribution in [0.4, 0.5) is 0 Å². The molecule has 0 spiro atoms. The highest BCUT2D eigenvalue weighted by molar-refractivity contribution is 5.89. The van der Waals surface area contributed by atoms with Crippen LogP contribution >= 0.6 is 0 Å². The predicted molar refractivity (Wildman–Crippen MR) is 103 cm³/mol. The van der Waals surface area contributed by atoms with Crippen LogP contribution in [0.1, 0.15) is 44.7 Å². The Bertz CT molecular complexity index is 703. The molecular weight excluding hydrogens is 344 g/mol. The van der Waals surface area contributed by atoms with E-state index in [4.69, 9.17) is 9.47 Å². The molecule has 2 amide bonds. The predicted octanol–water partition coefficient (Wildman–Crippen LogP) is 2.87. The molecule has 148 valence electrons. The van der Waals surface area contributed by atoms with Gasteiger partial charge in [-0.15, -0.1) is 0 Å². The van der Waals surface area contributed by atoms with Crippen LogP contribution in [0.5, 0.6) is 11.5 Å². The smallest absolute Gasteiger partial charge is 0.228 e. The molecule has 2 fully saturated rings. The van der Waals surface area contributed by atoms with Crippen LogP contribution in [0.3, 0.4) is 0 Å². The molecule has 6 nitrogen and oxygen atoms in total. The summed E-state index contributed by atoms with van der Waals surface area (Å²) in [6.07, 6.45) is 2.17. The van der Waals surface area contributed by atoms with E-state index in [0.29, 0.717) is 18.9 Å². The van der Waals surface area contributed by atoms with Crippen LogP contribution in [0.25, 0.3) is 0 Å². The van der Waals surface area contributed by atoms with E-state index >= 15 is 0 Å². The van der Waals surface area contributed by atoms with Gasteiger partial charge in [0.25, 0.3) is 0 Å². The minimum absolute atomic E-state index is 0.0307. The molecule has 0 N–H and O–H groups in total. The number of amides is 2. The van der Waals surface area contributed by atoms with Crippen LogP contribution < -0.4 is 9.47 Å². The quantitative estimate of drug-likeness (QED) is 0.768. The molecule has 0 unspecified atom stereocenters. The first-order chi connectivity index (χ1) is 12.9. The summed E-state index contributed by atoms with van der Waals surface area (Å²) in [5.41, 5.74) is 0.978. The van der Waals surface area contributed by atoms with Gasteiger partial charge in [-0.2, -0.15) is 0 Å². The van der Waals surface area contributed by atoms with Crippen molar-refractivity contribution in [2.24, 2.45) is 11.8 Å². The molecule has 0 aliphatic carbocycles. The third-order valence-corrected chi connectivity index (χ3v) is 5.48. The number of likely N-dealkylation sites (tertiary alicyclic amines) is 2. The summed E-state index contributed by atoms with van der Waals surface area (Å²) in [7, 11) is 3.28. The van der Waals surface area contributed by atoms with Crippen molar-refractivity contribution in [3.63, 3.8) is 0 Å². The maximum atomic E-state index is 13.2. The summed E-state index contributed by atoms with van der Waals surface area (Å²) in [6, 6.07) is 5.68. The molecule has 6 heteroatoms. The molecule has 0 radical (unpaired) electrons. The van der Waals surface area contributed by atoms with Crippen LogP contribution in [-0.2, 0) is 9.59 Å². The van der Waals surface area contributed by atoms with Crippen molar-refractivity contribution >= 4 is 11.8 Å². The van der Waals surface area contributed by atoms with Crippen molar-refractivity contribution in [2.75, 3.05) is 33.9 Å². The molecular formula is C21H30N2O4. The Balaban J connectivity index is 1.79. The maximum absolute atomic E-state index is 13.2. The SMILES string of the molecule is COc1ccc(OC)c([C@@H]2CCCN2C(=O)[C@@H]2CC(=O)N(CC(C)C)C2)c1. The van der Waals surface area contributed by atoms with Gasteiger partial charge in [-0.3, -0.25) is 9.59 Å². The van der Waals surface area contributed by atoms with Crippen molar-refractivity contribution in [1.29, 1.82) is 0 Å². The molecule has 2 aliphatic rings. The van der Waals surface area contributed by atoms with E-state index in [9.17, 15) is 9.59 Å². The number of hydrogen-bond donors (Lipinski definition) is 0. The van der Waals surface area contributed by atoms with Gasteiger partial charge in [-0.1, -0.05) is 13.8 Å².